The molecule has 0 saturated heterocycles. The summed E-state index contributed by atoms with van der Waals surface area (Å²) in [6.07, 6.45) is 11.9. The van der Waals surface area contributed by atoms with Crippen molar-refractivity contribution in [1.82, 2.24) is 5.01 Å². The Morgan fingerprint density at radius 2 is 1.71 bits per heavy atom. The van der Waals surface area contributed by atoms with Crippen molar-refractivity contribution in [3.05, 3.63) is 35.9 Å². The van der Waals surface area contributed by atoms with Gasteiger partial charge in [0.05, 0.1) is 12.1 Å². The van der Waals surface area contributed by atoms with E-state index in [2.05, 4.69) is 38.1 Å². The molecule has 0 radical (unpaired) electrons. The van der Waals surface area contributed by atoms with Crippen LogP contribution in [0.3, 0.4) is 0 Å². The third kappa shape index (κ3) is 3.34. The minimum Gasteiger partial charge on any atom is -0.393 e. The third-order valence-corrected chi connectivity index (χ3v) is 11.5. The maximum Gasteiger partial charge on any atom is 0.240 e. The normalized spacial score (nSPS) is 45.8. The van der Waals surface area contributed by atoms with E-state index in [1.54, 1.807) is 11.9 Å². The molecule has 0 bridgehead atoms. The lowest BCUT2D eigenvalue weighted by Gasteiger charge is -2.61. The molecular formula is C30H42N2O2. The fourth-order valence-corrected chi connectivity index (χ4v) is 9.75. The van der Waals surface area contributed by atoms with E-state index in [1.807, 2.05) is 6.07 Å². The minimum atomic E-state index is -0.0681. The van der Waals surface area contributed by atoms with E-state index in [-0.39, 0.29) is 18.1 Å². The third-order valence-electron chi connectivity index (χ3n) is 11.5. The smallest absolute Gasteiger partial charge is 0.240 e. The zero-order chi connectivity index (χ0) is 23.7. The van der Waals surface area contributed by atoms with Crippen LogP contribution in [0.15, 0.2) is 35.4 Å². The van der Waals surface area contributed by atoms with Crippen LogP contribution in [0.4, 0.5) is 0 Å². The summed E-state index contributed by atoms with van der Waals surface area (Å²) in [5.74, 6) is 3.72. The maximum atomic E-state index is 12.5. The van der Waals surface area contributed by atoms with Crippen molar-refractivity contribution in [2.45, 2.75) is 97.1 Å². The van der Waals surface area contributed by atoms with Crippen LogP contribution in [0.5, 0.6) is 0 Å². The highest BCUT2D eigenvalue weighted by Crippen LogP contribution is 2.68. The summed E-state index contributed by atoms with van der Waals surface area (Å²) in [7, 11) is 0. The number of nitrogens with zero attached hydrogens (tertiary/aromatic N) is 2. The van der Waals surface area contributed by atoms with Crippen molar-refractivity contribution in [2.24, 2.45) is 45.5 Å². The molecule has 4 fully saturated rings. The molecule has 1 heterocycles. The number of aliphatic hydroxyl groups excluding tert-OH is 1. The fourth-order valence-electron chi connectivity index (χ4n) is 9.75. The molecule has 0 unspecified atom stereocenters. The zero-order valence-electron chi connectivity index (χ0n) is 21.2. The Morgan fingerprint density at radius 1 is 0.971 bits per heavy atom. The number of rotatable bonds is 2. The second kappa shape index (κ2) is 8.18. The van der Waals surface area contributed by atoms with Crippen LogP contribution in [0, 0.1) is 40.4 Å². The molecule has 4 nitrogen and oxygen atoms in total. The minimum absolute atomic E-state index is 0.0516. The number of hydrogen-bond donors (Lipinski definition) is 1. The van der Waals surface area contributed by atoms with Gasteiger partial charge in [0.2, 0.25) is 5.91 Å². The average molecular weight is 463 g/mol. The van der Waals surface area contributed by atoms with Crippen LogP contribution in [-0.2, 0) is 4.79 Å². The molecule has 1 amide bonds. The van der Waals surface area contributed by atoms with Gasteiger partial charge in [0.25, 0.3) is 0 Å². The SMILES string of the molecule is CC(=O)N1N=C([C@H]2CC[C@H]3[C@@H]4CC[C@H]5C[C@@H](O)CC[C@]5(C)[C@H]4CC[C@]23C)C[C@H]1c1ccccc1. The molecule has 4 heteroatoms. The van der Waals surface area contributed by atoms with Crippen molar-refractivity contribution in [1.29, 1.82) is 0 Å². The number of hydrazone groups is 1. The largest absolute Gasteiger partial charge is 0.393 e. The van der Waals surface area contributed by atoms with Gasteiger partial charge >= 0.3 is 0 Å². The molecule has 1 N–H and O–H groups in total. The Morgan fingerprint density at radius 3 is 2.47 bits per heavy atom. The van der Waals surface area contributed by atoms with E-state index in [0.717, 1.165) is 37.0 Å². The van der Waals surface area contributed by atoms with Crippen LogP contribution in [0.2, 0.25) is 0 Å². The van der Waals surface area contributed by atoms with Crippen LogP contribution in [-0.4, -0.2) is 27.8 Å². The first-order chi connectivity index (χ1) is 16.3. The quantitative estimate of drug-likeness (QED) is 0.556. The summed E-state index contributed by atoms with van der Waals surface area (Å²) in [5.41, 5.74) is 3.22. The molecular weight excluding hydrogens is 420 g/mol. The van der Waals surface area contributed by atoms with Crippen molar-refractivity contribution < 1.29 is 9.90 Å². The first-order valence-electron chi connectivity index (χ1n) is 13.9. The molecule has 5 aliphatic rings. The van der Waals surface area contributed by atoms with Gasteiger partial charge in [-0.3, -0.25) is 4.79 Å². The first-order valence-corrected chi connectivity index (χ1v) is 13.9. The number of amides is 1. The highest BCUT2D eigenvalue weighted by atomic mass is 16.3. The lowest BCUT2D eigenvalue weighted by Crippen LogP contribution is -2.54. The number of carbonyl (C=O) groups is 1. The van der Waals surface area contributed by atoms with Crippen molar-refractivity contribution in [3.8, 4) is 0 Å². The molecule has 1 aromatic rings. The van der Waals surface area contributed by atoms with Crippen LogP contribution < -0.4 is 0 Å². The van der Waals surface area contributed by atoms with Crippen LogP contribution in [0.25, 0.3) is 0 Å². The van der Waals surface area contributed by atoms with E-state index >= 15 is 0 Å². The number of hydrogen-bond acceptors (Lipinski definition) is 3. The molecule has 184 valence electrons. The van der Waals surface area contributed by atoms with E-state index in [9.17, 15) is 9.90 Å². The molecule has 34 heavy (non-hydrogen) atoms. The van der Waals surface area contributed by atoms with E-state index in [1.165, 1.54) is 56.2 Å². The van der Waals surface area contributed by atoms with Gasteiger partial charge < -0.3 is 5.11 Å². The number of aliphatic hydroxyl groups is 1. The molecule has 1 aliphatic heterocycles. The van der Waals surface area contributed by atoms with E-state index < -0.39 is 0 Å². The van der Waals surface area contributed by atoms with Gasteiger partial charge in [-0.2, -0.15) is 5.10 Å². The van der Waals surface area contributed by atoms with Gasteiger partial charge in [-0.15, -0.1) is 0 Å². The predicted octanol–water partition coefficient (Wildman–Crippen LogP) is 6.36. The number of fused-ring (bicyclic) bond motifs is 5. The topological polar surface area (TPSA) is 52.9 Å². The second-order valence-corrected chi connectivity index (χ2v) is 12.8. The monoisotopic (exact) mass is 462 g/mol. The number of benzene rings is 1. The Kier molecular flexibility index (Phi) is 5.48. The van der Waals surface area contributed by atoms with Crippen LogP contribution in [0.1, 0.15) is 96.6 Å². The Labute approximate surface area is 205 Å². The highest BCUT2D eigenvalue weighted by Gasteiger charge is 2.61. The maximum absolute atomic E-state index is 12.5. The lowest BCUT2D eigenvalue weighted by atomic mass is 9.44. The predicted molar refractivity (Wildman–Crippen MR) is 135 cm³/mol. The summed E-state index contributed by atoms with van der Waals surface area (Å²) in [4.78, 5) is 12.5. The lowest BCUT2D eigenvalue weighted by molar-refractivity contribution is -0.130. The van der Waals surface area contributed by atoms with Gasteiger partial charge in [-0.25, -0.2) is 5.01 Å². The standard InChI is InChI=1S/C30H42N2O2/c1-19(33)32-28(20-7-5-4-6-8-20)18-27(31-32)26-12-11-24-23-10-9-21-17-22(34)13-15-29(21,2)25(23)14-16-30(24,26)3/h4-8,21-26,28,34H,9-18H2,1-3H3/t21-,22-,23-,24-,25-,26+,28-,29-,30-/m0/s1. The molecule has 0 spiro atoms. The highest BCUT2D eigenvalue weighted by molar-refractivity contribution is 5.92. The summed E-state index contributed by atoms with van der Waals surface area (Å²) >= 11 is 0. The molecule has 6 rings (SSSR count). The van der Waals surface area contributed by atoms with Crippen molar-refractivity contribution >= 4 is 11.6 Å². The van der Waals surface area contributed by atoms with Crippen molar-refractivity contribution in [3.63, 3.8) is 0 Å². The van der Waals surface area contributed by atoms with Crippen LogP contribution >= 0.6 is 0 Å². The molecule has 9 atom stereocenters. The fraction of sp³-hybridized carbons (Fsp3) is 0.733. The Hall–Kier alpha value is -1.68. The Bertz CT molecular complexity index is 975. The molecule has 4 aliphatic carbocycles. The van der Waals surface area contributed by atoms with Gasteiger partial charge in [-0.05, 0) is 97.9 Å². The van der Waals surface area contributed by atoms with Gasteiger partial charge in [0.15, 0.2) is 0 Å². The Balaban J connectivity index is 1.25. The van der Waals surface area contributed by atoms with E-state index in [4.69, 9.17) is 5.10 Å². The van der Waals surface area contributed by atoms with E-state index in [0.29, 0.717) is 22.7 Å². The zero-order valence-corrected chi connectivity index (χ0v) is 21.2. The second-order valence-electron chi connectivity index (χ2n) is 12.8. The average Bonchev–Trinajstić information content (AvgIpc) is 3.41. The summed E-state index contributed by atoms with van der Waals surface area (Å²) in [5, 5.41) is 17.1. The van der Waals surface area contributed by atoms with Gasteiger partial charge in [0.1, 0.15) is 0 Å². The summed E-state index contributed by atoms with van der Waals surface area (Å²) in [6.45, 7) is 6.81. The molecule has 0 aromatic heterocycles. The first kappa shape index (κ1) is 22.8. The van der Waals surface area contributed by atoms with Crippen molar-refractivity contribution in [2.75, 3.05) is 0 Å². The summed E-state index contributed by atoms with van der Waals surface area (Å²) in [6, 6.07) is 10.5. The van der Waals surface area contributed by atoms with Gasteiger partial charge in [-0.1, -0.05) is 44.2 Å². The molecule has 4 saturated carbocycles. The number of carbonyl (C=O) groups excluding carboxylic acids is 1. The summed E-state index contributed by atoms with van der Waals surface area (Å²) < 4.78 is 0. The molecule has 1 aromatic carbocycles. The van der Waals surface area contributed by atoms with Gasteiger partial charge in [0, 0.05) is 25.0 Å².